The lowest BCUT2D eigenvalue weighted by molar-refractivity contribution is 0.353. The number of nitrogens with one attached hydrogen (secondary N) is 1. The van der Waals surface area contributed by atoms with E-state index in [9.17, 15) is 0 Å². The molecular formula is C14H16BrN3O2S. The fourth-order valence-corrected chi connectivity index (χ4v) is 3.08. The second-order valence-corrected chi connectivity index (χ2v) is 6.33. The molecule has 1 heterocycles. The molecule has 7 heteroatoms. The summed E-state index contributed by atoms with van der Waals surface area (Å²) in [4.78, 5) is 5.54. The number of hydrogen-bond acceptors (Lipinski definition) is 6. The third-order valence-electron chi connectivity index (χ3n) is 2.86. The Labute approximate surface area is 136 Å². The van der Waals surface area contributed by atoms with Gasteiger partial charge in [-0.3, -0.25) is 5.43 Å². The fourth-order valence-electron chi connectivity index (χ4n) is 1.69. The van der Waals surface area contributed by atoms with Crippen molar-refractivity contribution >= 4 is 38.6 Å². The summed E-state index contributed by atoms with van der Waals surface area (Å²) in [6, 6.07) is 3.76. The Kier molecular flexibility index (Phi) is 5.19. The molecule has 0 saturated heterocycles. The van der Waals surface area contributed by atoms with Crippen molar-refractivity contribution < 1.29 is 9.47 Å². The highest BCUT2D eigenvalue weighted by molar-refractivity contribution is 9.10. The van der Waals surface area contributed by atoms with Crippen LogP contribution in [0.1, 0.15) is 16.1 Å². The van der Waals surface area contributed by atoms with Gasteiger partial charge < -0.3 is 9.47 Å². The second-order valence-electron chi connectivity index (χ2n) is 4.27. The van der Waals surface area contributed by atoms with Crippen LogP contribution in [0.5, 0.6) is 11.5 Å². The number of hydrogen-bond donors (Lipinski definition) is 1. The number of aryl methyl sites for hydroxylation is 2. The summed E-state index contributed by atoms with van der Waals surface area (Å²) in [5, 5.41) is 4.97. The number of thiazole rings is 1. The Bertz CT molecular complexity index is 651. The normalized spacial score (nSPS) is 10.9. The second kappa shape index (κ2) is 6.91. The number of hydrazone groups is 1. The van der Waals surface area contributed by atoms with Crippen molar-refractivity contribution in [2.45, 2.75) is 13.8 Å². The number of halogens is 1. The summed E-state index contributed by atoms with van der Waals surface area (Å²) in [5.74, 6) is 1.31. The van der Waals surface area contributed by atoms with E-state index in [-0.39, 0.29) is 0 Å². The number of aromatic nitrogens is 1. The van der Waals surface area contributed by atoms with Gasteiger partial charge in [0.05, 0.1) is 30.6 Å². The van der Waals surface area contributed by atoms with Gasteiger partial charge in [0, 0.05) is 4.88 Å². The average molecular weight is 370 g/mol. The molecule has 0 unspecified atom stereocenters. The monoisotopic (exact) mass is 369 g/mol. The molecule has 112 valence electrons. The van der Waals surface area contributed by atoms with Crippen LogP contribution in [0.4, 0.5) is 5.13 Å². The van der Waals surface area contributed by atoms with Gasteiger partial charge in [-0.2, -0.15) is 5.10 Å². The first-order valence-electron chi connectivity index (χ1n) is 6.19. The minimum atomic E-state index is 0.647. The molecule has 0 radical (unpaired) electrons. The molecule has 0 aliphatic heterocycles. The highest BCUT2D eigenvalue weighted by Crippen LogP contribution is 2.35. The van der Waals surface area contributed by atoms with E-state index in [0.717, 1.165) is 20.9 Å². The van der Waals surface area contributed by atoms with E-state index in [1.165, 1.54) is 4.88 Å². The van der Waals surface area contributed by atoms with E-state index < -0.39 is 0 Å². The first-order valence-corrected chi connectivity index (χ1v) is 7.80. The van der Waals surface area contributed by atoms with E-state index in [0.29, 0.717) is 11.5 Å². The predicted molar refractivity (Wildman–Crippen MR) is 90.1 cm³/mol. The summed E-state index contributed by atoms with van der Waals surface area (Å²) < 4.78 is 11.4. The van der Waals surface area contributed by atoms with E-state index in [1.807, 2.05) is 26.0 Å². The van der Waals surface area contributed by atoms with E-state index >= 15 is 0 Å². The molecule has 2 aromatic rings. The van der Waals surface area contributed by atoms with Crippen LogP contribution in [-0.4, -0.2) is 25.4 Å². The molecule has 1 N–H and O–H groups in total. The molecule has 5 nitrogen and oxygen atoms in total. The van der Waals surface area contributed by atoms with Crippen LogP contribution < -0.4 is 14.9 Å². The molecule has 21 heavy (non-hydrogen) atoms. The maximum absolute atomic E-state index is 5.29. The molecule has 0 fully saturated rings. The van der Waals surface area contributed by atoms with Crippen LogP contribution >= 0.6 is 27.3 Å². The smallest absolute Gasteiger partial charge is 0.203 e. The van der Waals surface area contributed by atoms with Crippen LogP contribution in [0.25, 0.3) is 0 Å². The fraction of sp³-hybridized carbons (Fsp3) is 0.286. The molecule has 1 aromatic heterocycles. The molecule has 0 atom stereocenters. The van der Waals surface area contributed by atoms with Crippen molar-refractivity contribution in [2.75, 3.05) is 19.6 Å². The van der Waals surface area contributed by atoms with Gasteiger partial charge in [-0.15, -0.1) is 11.3 Å². The van der Waals surface area contributed by atoms with Crippen LogP contribution in [0.2, 0.25) is 0 Å². The van der Waals surface area contributed by atoms with Gasteiger partial charge in [-0.25, -0.2) is 4.98 Å². The summed E-state index contributed by atoms with van der Waals surface area (Å²) in [6.45, 7) is 4.01. The Morgan fingerprint density at radius 3 is 2.62 bits per heavy atom. The Morgan fingerprint density at radius 2 is 2.05 bits per heavy atom. The summed E-state index contributed by atoms with van der Waals surface area (Å²) >= 11 is 5.03. The molecule has 0 amide bonds. The average Bonchev–Trinajstić information content (AvgIpc) is 2.77. The zero-order chi connectivity index (χ0) is 15.4. The summed E-state index contributed by atoms with van der Waals surface area (Å²) in [5.41, 5.74) is 4.84. The number of methoxy groups -OCH3 is 2. The molecule has 1 aromatic carbocycles. The lowest BCUT2D eigenvalue weighted by Crippen LogP contribution is -1.95. The highest BCUT2D eigenvalue weighted by atomic mass is 79.9. The molecule has 2 rings (SSSR count). The maximum atomic E-state index is 5.29. The quantitative estimate of drug-likeness (QED) is 0.639. The van der Waals surface area contributed by atoms with Crippen LogP contribution in [-0.2, 0) is 0 Å². The molecule has 0 aliphatic rings. The predicted octanol–water partition coefficient (Wildman–Crippen LogP) is 3.99. The van der Waals surface area contributed by atoms with Gasteiger partial charge in [-0.1, -0.05) is 0 Å². The topological polar surface area (TPSA) is 55.7 Å². The van der Waals surface area contributed by atoms with E-state index in [1.54, 1.807) is 31.8 Å². The minimum Gasteiger partial charge on any atom is -0.493 e. The van der Waals surface area contributed by atoms with Crippen molar-refractivity contribution in [3.63, 3.8) is 0 Å². The first-order chi connectivity index (χ1) is 10.0. The van der Waals surface area contributed by atoms with Gasteiger partial charge in [0.2, 0.25) is 5.13 Å². The minimum absolute atomic E-state index is 0.647. The van der Waals surface area contributed by atoms with Crippen molar-refractivity contribution in [3.8, 4) is 11.5 Å². The lowest BCUT2D eigenvalue weighted by atomic mass is 10.2. The molecular weight excluding hydrogens is 354 g/mol. The Morgan fingerprint density at radius 1 is 1.29 bits per heavy atom. The van der Waals surface area contributed by atoms with Crippen molar-refractivity contribution in [1.29, 1.82) is 0 Å². The van der Waals surface area contributed by atoms with E-state index in [2.05, 4.69) is 31.4 Å². The molecule has 0 spiro atoms. The number of anilines is 1. The third kappa shape index (κ3) is 3.74. The number of ether oxygens (including phenoxy) is 2. The van der Waals surface area contributed by atoms with E-state index in [4.69, 9.17) is 9.47 Å². The maximum Gasteiger partial charge on any atom is 0.203 e. The van der Waals surface area contributed by atoms with Crippen molar-refractivity contribution in [1.82, 2.24) is 4.98 Å². The molecule has 0 bridgehead atoms. The van der Waals surface area contributed by atoms with Gasteiger partial charge in [-0.05, 0) is 47.5 Å². The first kappa shape index (κ1) is 15.8. The number of benzene rings is 1. The van der Waals surface area contributed by atoms with Crippen molar-refractivity contribution in [2.24, 2.45) is 5.10 Å². The third-order valence-corrected chi connectivity index (χ3v) is 4.42. The van der Waals surface area contributed by atoms with Gasteiger partial charge in [0.25, 0.3) is 0 Å². The number of rotatable bonds is 5. The van der Waals surface area contributed by atoms with Crippen LogP contribution in [0.15, 0.2) is 21.7 Å². The molecule has 0 aliphatic carbocycles. The Balaban J connectivity index is 2.15. The highest BCUT2D eigenvalue weighted by Gasteiger charge is 2.09. The van der Waals surface area contributed by atoms with Gasteiger partial charge >= 0.3 is 0 Å². The summed E-state index contributed by atoms with van der Waals surface area (Å²) in [7, 11) is 3.20. The van der Waals surface area contributed by atoms with Crippen LogP contribution in [0, 0.1) is 13.8 Å². The Hall–Kier alpha value is -1.60. The zero-order valence-corrected chi connectivity index (χ0v) is 14.6. The van der Waals surface area contributed by atoms with Crippen molar-refractivity contribution in [3.05, 3.63) is 32.7 Å². The zero-order valence-electron chi connectivity index (χ0n) is 12.2. The van der Waals surface area contributed by atoms with Crippen LogP contribution in [0.3, 0.4) is 0 Å². The largest absolute Gasteiger partial charge is 0.493 e. The van der Waals surface area contributed by atoms with Gasteiger partial charge in [0.15, 0.2) is 11.5 Å². The van der Waals surface area contributed by atoms with Gasteiger partial charge in [0.1, 0.15) is 0 Å². The lowest BCUT2D eigenvalue weighted by Gasteiger charge is -2.10. The molecule has 0 saturated carbocycles. The SMILES string of the molecule is COc1cc(/C=N\Nc2nc(C)c(C)s2)cc(Br)c1OC. The summed E-state index contributed by atoms with van der Waals surface area (Å²) in [6.07, 6.45) is 1.71. The number of nitrogens with zero attached hydrogens (tertiary/aromatic N) is 2. The standard InChI is InChI=1S/C14H16BrN3O2S/c1-8-9(2)21-14(17-8)18-16-7-10-5-11(15)13(20-4)12(6-10)19-3/h5-7H,1-4H3,(H,17,18)/b16-7-.